The maximum atomic E-state index is 12.8. The van der Waals surface area contributed by atoms with Gasteiger partial charge >= 0.3 is 0 Å². The number of anilines is 1. The van der Waals surface area contributed by atoms with Gasteiger partial charge in [0.05, 0.1) is 11.9 Å². The molecule has 8 heteroatoms. The summed E-state index contributed by atoms with van der Waals surface area (Å²) < 4.78 is 25.8. The lowest BCUT2D eigenvalue weighted by Gasteiger charge is -2.30. The first-order chi connectivity index (χ1) is 12.2. The Morgan fingerprint density at radius 2 is 1.58 bits per heavy atom. The molecule has 0 spiro atoms. The van der Waals surface area contributed by atoms with Gasteiger partial charge in [0.1, 0.15) is 6.04 Å². The van der Waals surface area contributed by atoms with Crippen molar-refractivity contribution in [2.45, 2.75) is 64.0 Å². The minimum atomic E-state index is -3.69. The highest BCUT2D eigenvalue weighted by molar-refractivity contribution is 7.92. The van der Waals surface area contributed by atoms with Crippen molar-refractivity contribution in [2.24, 2.45) is 0 Å². The lowest BCUT2D eigenvalue weighted by Crippen LogP contribution is -2.50. The molecule has 1 aliphatic rings. The Bertz CT molecular complexity index is 712. The van der Waals surface area contributed by atoms with E-state index in [2.05, 4.69) is 5.32 Å². The van der Waals surface area contributed by atoms with Crippen molar-refractivity contribution in [1.29, 1.82) is 0 Å². The van der Waals surface area contributed by atoms with Gasteiger partial charge in [0.2, 0.25) is 15.9 Å². The highest BCUT2D eigenvalue weighted by Crippen LogP contribution is 2.28. The van der Waals surface area contributed by atoms with Crippen LogP contribution in [0, 0.1) is 0 Å². The molecule has 1 N–H and O–H groups in total. The first kappa shape index (κ1) is 21.3. The fourth-order valence-electron chi connectivity index (χ4n) is 3.40. The van der Waals surface area contributed by atoms with Gasteiger partial charge in [-0.1, -0.05) is 55.3 Å². The van der Waals surface area contributed by atoms with E-state index in [4.69, 9.17) is 23.2 Å². The molecule has 0 radical (unpaired) electrons. The molecule has 2 rings (SSSR count). The summed E-state index contributed by atoms with van der Waals surface area (Å²) in [6.07, 6.45) is 8.70. The zero-order valence-corrected chi connectivity index (χ0v) is 17.5. The van der Waals surface area contributed by atoms with Crippen LogP contribution in [0.1, 0.15) is 51.9 Å². The SMILES string of the molecule is C[C@H](C(=O)NC1CCCCCCC1)N(c1cc(Cl)cc(Cl)c1)S(C)(=O)=O. The third-order valence-corrected chi connectivity index (χ3v) is 6.32. The van der Waals surface area contributed by atoms with Crippen molar-refractivity contribution in [3.8, 4) is 0 Å². The van der Waals surface area contributed by atoms with E-state index in [-0.39, 0.29) is 17.6 Å². The standard InChI is InChI=1S/C18H26Cl2N2O3S/c1-13(18(23)21-16-8-6-4-3-5-7-9-16)22(26(2,24)25)17-11-14(19)10-15(20)12-17/h10-13,16H,3-9H2,1-2H3,(H,21,23)/t13-/m1/s1. The first-order valence-electron chi connectivity index (χ1n) is 8.94. The number of sulfonamides is 1. The normalized spacial score (nSPS) is 17.8. The van der Waals surface area contributed by atoms with Gasteiger partial charge in [-0.05, 0) is 38.0 Å². The average Bonchev–Trinajstić information content (AvgIpc) is 2.47. The second-order valence-electron chi connectivity index (χ2n) is 6.91. The molecule has 1 aliphatic carbocycles. The maximum Gasteiger partial charge on any atom is 0.243 e. The van der Waals surface area contributed by atoms with Crippen LogP contribution in [-0.2, 0) is 14.8 Å². The summed E-state index contributed by atoms with van der Waals surface area (Å²) in [5, 5.41) is 3.65. The summed E-state index contributed by atoms with van der Waals surface area (Å²) in [6.45, 7) is 1.58. The van der Waals surface area contributed by atoms with E-state index in [9.17, 15) is 13.2 Å². The number of nitrogens with zero attached hydrogens (tertiary/aromatic N) is 1. The smallest absolute Gasteiger partial charge is 0.243 e. The van der Waals surface area contributed by atoms with Crippen LogP contribution in [0.25, 0.3) is 0 Å². The van der Waals surface area contributed by atoms with Crippen LogP contribution in [0.4, 0.5) is 5.69 Å². The van der Waals surface area contributed by atoms with Crippen molar-refractivity contribution in [3.63, 3.8) is 0 Å². The monoisotopic (exact) mass is 420 g/mol. The predicted molar refractivity (Wildman–Crippen MR) is 107 cm³/mol. The summed E-state index contributed by atoms with van der Waals surface area (Å²) >= 11 is 12.0. The van der Waals surface area contributed by atoms with E-state index < -0.39 is 16.1 Å². The van der Waals surface area contributed by atoms with Gasteiger partial charge in [-0.3, -0.25) is 9.10 Å². The summed E-state index contributed by atoms with van der Waals surface area (Å²) in [6, 6.07) is 3.70. The molecule has 0 bridgehead atoms. The largest absolute Gasteiger partial charge is 0.352 e. The molecule has 0 saturated heterocycles. The van der Waals surface area contributed by atoms with Gasteiger partial charge in [0.25, 0.3) is 0 Å². The fourth-order valence-corrected chi connectivity index (χ4v) is 5.07. The van der Waals surface area contributed by atoms with Gasteiger partial charge < -0.3 is 5.32 Å². The van der Waals surface area contributed by atoms with E-state index in [0.29, 0.717) is 10.0 Å². The number of rotatable bonds is 5. The molecule has 146 valence electrons. The average molecular weight is 421 g/mol. The number of carbonyl (C=O) groups excluding carboxylic acids is 1. The van der Waals surface area contributed by atoms with Gasteiger partial charge in [-0.15, -0.1) is 0 Å². The minimum absolute atomic E-state index is 0.0922. The Kier molecular flexibility index (Phi) is 7.62. The molecule has 1 amide bonds. The van der Waals surface area contributed by atoms with Crippen molar-refractivity contribution in [2.75, 3.05) is 10.6 Å². The first-order valence-corrected chi connectivity index (χ1v) is 11.5. The molecule has 1 aromatic carbocycles. The molecule has 0 unspecified atom stereocenters. The van der Waals surface area contributed by atoms with Crippen molar-refractivity contribution in [1.82, 2.24) is 5.32 Å². The molecule has 26 heavy (non-hydrogen) atoms. The third-order valence-electron chi connectivity index (χ3n) is 4.64. The molecule has 0 heterocycles. The second-order valence-corrected chi connectivity index (χ2v) is 9.65. The van der Waals surface area contributed by atoms with E-state index in [1.807, 2.05) is 0 Å². The highest BCUT2D eigenvalue weighted by Gasteiger charge is 2.30. The fraction of sp³-hybridized carbons (Fsp3) is 0.611. The van der Waals surface area contributed by atoms with Crippen LogP contribution in [0.2, 0.25) is 10.0 Å². The summed E-state index contributed by atoms with van der Waals surface area (Å²) in [5.41, 5.74) is 0.283. The predicted octanol–water partition coefficient (Wildman–Crippen LogP) is 4.38. The van der Waals surface area contributed by atoms with E-state index in [0.717, 1.165) is 36.2 Å². The zero-order valence-electron chi connectivity index (χ0n) is 15.2. The summed E-state index contributed by atoms with van der Waals surface area (Å²) in [4.78, 5) is 12.8. The van der Waals surface area contributed by atoms with Gasteiger partial charge in [0, 0.05) is 16.1 Å². The maximum absolute atomic E-state index is 12.8. The Morgan fingerprint density at radius 1 is 1.08 bits per heavy atom. The summed E-state index contributed by atoms with van der Waals surface area (Å²) in [7, 11) is -3.69. The number of halogens is 2. The molecule has 1 saturated carbocycles. The molecular weight excluding hydrogens is 395 g/mol. The van der Waals surface area contributed by atoms with Crippen LogP contribution < -0.4 is 9.62 Å². The Morgan fingerprint density at radius 3 is 2.08 bits per heavy atom. The number of nitrogens with one attached hydrogen (secondary N) is 1. The molecule has 0 aliphatic heterocycles. The van der Waals surface area contributed by atoms with Crippen LogP contribution in [0.15, 0.2) is 18.2 Å². The topological polar surface area (TPSA) is 66.5 Å². The van der Waals surface area contributed by atoms with E-state index >= 15 is 0 Å². The minimum Gasteiger partial charge on any atom is -0.352 e. The quantitative estimate of drug-likeness (QED) is 0.768. The molecule has 1 fully saturated rings. The van der Waals surface area contributed by atoms with Crippen LogP contribution in [0.3, 0.4) is 0 Å². The van der Waals surface area contributed by atoms with E-state index in [1.165, 1.54) is 37.5 Å². The van der Waals surface area contributed by atoms with Crippen molar-refractivity contribution >= 4 is 44.8 Å². The number of hydrogen-bond donors (Lipinski definition) is 1. The van der Waals surface area contributed by atoms with E-state index in [1.54, 1.807) is 6.92 Å². The van der Waals surface area contributed by atoms with Gasteiger partial charge in [0.15, 0.2) is 0 Å². The lowest BCUT2D eigenvalue weighted by atomic mass is 9.96. The van der Waals surface area contributed by atoms with Crippen molar-refractivity contribution in [3.05, 3.63) is 28.2 Å². The Balaban J connectivity index is 2.20. The second kappa shape index (κ2) is 9.29. The molecule has 1 aromatic rings. The Labute approximate surface area is 166 Å². The van der Waals surface area contributed by atoms with Gasteiger partial charge in [-0.25, -0.2) is 8.42 Å². The molecule has 0 aromatic heterocycles. The number of carbonyl (C=O) groups is 1. The molecular formula is C18H26Cl2N2O3S. The highest BCUT2D eigenvalue weighted by atomic mass is 35.5. The van der Waals surface area contributed by atoms with Crippen molar-refractivity contribution < 1.29 is 13.2 Å². The number of hydrogen-bond acceptors (Lipinski definition) is 3. The molecule has 5 nitrogen and oxygen atoms in total. The molecule has 1 atom stereocenters. The zero-order chi connectivity index (χ0) is 19.3. The van der Waals surface area contributed by atoms with Crippen LogP contribution >= 0.6 is 23.2 Å². The Hall–Kier alpha value is -0.980. The lowest BCUT2D eigenvalue weighted by molar-refractivity contribution is -0.122. The number of benzene rings is 1. The van der Waals surface area contributed by atoms with Crippen LogP contribution in [0.5, 0.6) is 0 Å². The third kappa shape index (κ3) is 6.03. The summed E-state index contributed by atoms with van der Waals surface area (Å²) in [5.74, 6) is -0.308. The van der Waals surface area contributed by atoms with Gasteiger partial charge in [-0.2, -0.15) is 0 Å². The number of amides is 1. The van der Waals surface area contributed by atoms with Crippen LogP contribution in [-0.4, -0.2) is 32.7 Å².